The van der Waals surface area contributed by atoms with Crippen LogP contribution in [0.25, 0.3) is 5.57 Å². The lowest BCUT2D eigenvalue weighted by atomic mass is 9.80. The molecule has 1 aliphatic heterocycles. The Bertz CT molecular complexity index is 1430. The number of aromatic hydroxyl groups is 1. The van der Waals surface area contributed by atoms with Crippen molar-refractivity contribution in [2.75, 3.05) is 19.7 Å². The van der Waals surface area contributed by atoms with Gasteiger partial charge >= 0.3 is 6.09 Å². The molecule has 53 heavy (non-hydrogen) atoms. The summed E-state index contributed by atoms with van der Waals surface area (Å²) in [4.78, 5) is 25.4. The van der Waals surface area contributed by atoms with Crippen LogP contribution in [-0.2, 0) is 15.9 Å². The topological polar surface area (TPSA) is 102 Å². The average Bonchev–Trinajstić information content (AvgIpc) is 3.14. The fourth-order valence-electron chi connectivity index (χ4n) is 6.24. The van der Waals surface area contributed by atoms with Gasteiger partial charge in [0.15, 0.2) is 5.78 Å². The molecule has 0 spiro atoms. The van der Waals surface area contributed by atoms with Crippen LogP contribution in [0.2, 0.25) is 0 Å². The van der Waals surface area contributed by atoms with E-state index in [1.165, 1.54) is 25.7 Å². The highest BCUT2D eigenvalue weighted by Crippen LogP contribution is 2.32. The van der Waals surface area contributed by atoms with Crippen LogP contribution in [0, 0.1) is 11.8 Å². The van der Waals surface area contributed by atoms with Crippen molar-refractivity contribution in [3.8, 4) is 5.75 Å². The number of hydrogen-bond acceptors (Lipinski definition) is 6. The number of unbranched alkanes of at least 4 members (excludes halogenated alkanes) is 2. The molecule has 1 unspecified atom stereocenters. The molecule has 3 N–H and O–H groups in total. The van der Waals surface area contributed by atoms with E-state index in [0.29, 0.717) is 30.0 Å². The van der Waals surface area contributed by atoms with Gasteiger partial charge in [0.2, 0.25) is 0 Å². The van der Waals surface area contributed by atoms with Crippen LogP contribution in [-0.4, -0.2) is 47.2 Å². The average molecular weight is 733 g/mol. The van der Waals surface area contributed by atoms with E-state index in [-0.39, 0.29) is 23.2 Å². The fourth-order valence-corrected chi connectivity index (χ4v) is 6.24. The lowest BCUT2D eigenvalue weighted by Gasteiger charge is -2.36. The number of phenols is 1. The molecule has 1 atom stereocenters. The maximum atomic E-state index is 12.0. The Morgan fingerprint density at radius 1 is 0.962 bits per heavy atom. The van der Waals surface area contributed by atoms with Crippen molar-refractivity contribution in [1.29, 1.82) is 0 Å². The quantitative estimate of drug-likeness (QED) is 0.101. The summed E-state index contributed by atoms with van der Waals surface area (Å²) in [5.74, 6) is 2.51. The second-order valence-corrected chi connectivity index (χ2v) is 14.5. The number of ether oxygens (including phenoxy) is 2. The number of ketones is 1. The fraction of sp³-hybridized carbons (Fsp3) is 0.565. The summed E-state index contributed by atoms with van der Waals surface area (Å²) in [5, 5.41) is 10.3. The van der Waals surface area contributed by atoms with Crippen molar-refractivity contribution in [3.05, 3.63) is 94.9 Å². The van der Waals surface area contributed by atoms with Gasteiger partial charge < -0.3 is 25.2 Å². The largest absolute Gasteiger partial charge is 0.507 e. The van der Waals surface area contributed by atoms with Gasteiger partial charge in [-0.2, -0.15) is 0 Å². The number of likely N-dealkylation sites (tertiary alicyclic amines) is 1. The molecule has 0 radical (unpaired) electrons. The van der Waals surface area contributed by atoms with E-state index in [1.54, 1.807) is 19.1 Å². The highest BCUT2D eigenvalue weighted by molar-refractivity contribution is 5.94. The summed E-state index contributed by atoms with van der Waals surface area (Å²) in [6.45, 7) is 22.2. The molecule has 0 bridgehead atoms. The van der Waals surface area contributed by atoms with Crippen molar-refractivity contribution in [2.45, 2.75) is 139 Å². The van der Waals surface area contributed by atoms with Gasteiger partial charge in [0.25, 0.3) is 0 Å². The summed E-state index contributed by atoms with van der Waals surface area (Å²) in [6, 6.07) is 14.8. The number of benzene rings is 2. The first-order valence-corrected chi connectivity index (χ1v) is 20.2. The first kappa shape index (κ1) is 47.0. The predicted molar refractivity (Wildman–Crippen MR) is 223 cm³/mol. The molecular weight excluding hydrogens is 661 g/mol. The highest BCUT2D eigenvalue weighted by atomic mass is 16.6. The number of Topliss-reactive ketones (excluding diaryl/α,β-unsaturated/α-hetero) is 1. The molecule has 3 rings (SSSR count). The summed E-state index contributed by atoms with van der Waals surface area (Å²) in [6.07, 6.45) is 16.7. The Morgan fingerprint density at radius 3 is 2.13 bits per heavy atom. The minimum Gasteiger partial charge on any atom is -0.507 e. The SMILES string of the molecule is CC.CC/C=C(/C=C(OCCc1ccc(C(C)=O)cc1)\C(N)=C\CCC)c1ccccc1O.CCCCC(CC)C1CCN(C(=O)OC(C)(C)C)CC1. The molecule has 1 aliphatic rings. The van der Waals surface area contributed by atoms with Gasteiger partial charge in [-0.3, -0.25) is 4.79 Å². The third-order valence-corrected chi connectivity index (χ3v) is 9.18. The van der Waals surface area contributed by atoms with E-state index in [1.807, 2.05) is 94.1 Å². The van der Waals surface area contributed by atoms with E-state index >= 15 is 0 Å². The molecule has 0 aliphatic carbocycles. The molecule has 7 heteroatoms. The number of nitrogens with zero attached hydrogens (tertiary/aromatic N) is 1. The van der Waals surface area contributed by atoms with Crippen LogP contribution in [0.15, 0.2) is 78.2 Å². The van der Waals surface area contributed by atoms with E-state index in [2.05, 4.69) is 27.7 Å². The van der Waals surface area contributed by atoms with E-state index in [0.717, 1.165) is 73.7 Å². The second kappa shape index (κ2) is 25.9. The smallest absolute Gasteiger partial charge is 0.410 e. The number of amides is 1. The third kappa shape index (κ3) is 18.1. The minimum atomic E-state index is -0.388. The van der Waals surface area contributed by atoms with E-state index < -0.39 is 0 Å². The third-order valence-electron chi connectivity index (χ3n) is 9.18. The Balaban J connectivity index is 0.000000551. The normalized spacial score (nSPS) is 14.7. The number of rotatable bonds is 16. The van der Waals surface area contributed by atoms with E-state index in [9.17, 15) is 14.7 Å². The predicted octanol–water partition coefficient (Wildman–Crippen LogP) is 12.1. The minimum absolute atomic E-state index is 0.0567. The van der Waals surface area contributed by atoms with Crippen LogP contribution in [0.4, 0.5) is 4.79 Å². The first-order chi connectivity index (χ1) is 25.3. The van der Waals surface area contributed by atoms with Gasteiger partial charge in [-0.1, -0.05) is 128 Å². The number of carbonyl (C=O) groups is 2. The van der Waals surface area contributed by atoms with Crippen LogP contribution < -0.4 is 5.73 Å². The maximum absolute atomic E-state index is 12.0. The Morgan fingerprint density at radius 2 is 1.60 bits per heavy atom. The lowest BCUT2D eigenvalue weighted by molar-refractivity contribution is 0.0155. The number of nitrogens with two attached hydrogens (primary N) is 1. The standard InChI is InChI=1S/C27H33NO3.C17H33NO2.C2H6/c1-4-6-11-25(28)27(19-23(9-5-2)24-10-7-8-12-26(24)30)31-18-17-21-13-15-22(16-14-21)20(3)29;1-6-8-9-14(7-2)15-10-12-18(13-11-15)16(19)20-17(3,4)5;1-2/h7-16,19,30H,4-6,17-18,28H2,1-3H3;14-15H,6-13H2,1-5H3;1-2H3/b23-9-,25-11-,27-19+;;. The first-order valence-electron chi connectivity index (χ1n) is 20.2. The number of phenolic OH excluding ortho intramolecular Hbond substituents is 1. The van der Waals surface area contributed by atoms with Crippen molar-refractivity contribution in [3.63, 3.8) is 0 Å². The molecule has 1 heterocycles. The molecule has 2 aromatic carbocycles. The monoisotopic (exact) mass is 733 g/mol. The Hall–Kier alpha value is -4.00. The van der Waals surface area contributed by atoms with Crippen LogP contribution >= 0.6 is 0 Å². The maximum Gasteiger partial charge on any atom is 0.410 e. The van der Waals surface area contributed by atoms with Gasteiger partial charge in [0.1, 0.15) is 17.1 Å². The number of carbonyl (C=O) groups excluding carboxylic acids is 2. The van der Waals surface area contributed by atoms with E-state index in [4.69, 9.17) is 15.2 Å². The lowest BCUT2D eigenvalue weighted by Crippen LogP contribution is -2.42. The Kier molecular flexibility index (Phi) is 23.0. The summed E-state index contributed by atoms with van der Waals surface area (Å²) >= 11 is 0. The summed E-state index contributed by atoms with van der Waals surface area (Å²) in [7, 11) is 0. The van der Waals surface area contributed by atoms with Crippen LogP contribution in [0.5, 0.6) is 5.75 Å². The molecule has 1 amide bonds. The van der Waals surface area contributed by atoms with Crippen LogP contribution in [0.3, 0.4) is 0 Å². The molecule has 0 saturated carbocycles. The zero-order valence-corrected chi connectivity index (χ0v) is 34.8. The van der Waals surface area contributed by atoms with Gasteiger partial charge in [-0.25, -0.2) is 4.79 Å². The zero-order valence-electron chi connectivity index (χ0n) is 34.8. The second-order valence-electron chi connectivity index (χ2n) is 14.5. The number of para-hydroxylation sites is 1. The number of piperidine rings is 1. The van der Waals surface area contributed by atoms with Crippen molar-refractivity contribution in [1.82, 2.24) is 4.90 Å². The van der Waals surface area contributed by atoms with Gasteiger partial charge in [-0.05, 0) is 88.5 Å². The molecule has 7 nitrogen and oxygen atoms in total. The van der Waals surface area contributed by atoms with Crippen molar-refractivity contribution >= 4 is 17.4 Å². The van der Waals surface area contributed by atoms with Crippen molar-refractivity contribution in [2.24, 2.45) is 17.6 Å². The Labute approximate surface area is 322 Å². The molecule has 296 valence electrons. The van der Waals surface area contributed by atoms with Gasteiger partial charge in [0.05, 0.1) is 12.3 Å². The molecule has 2 aromatic rings. The number of hydrogen-bond donors (Lipinski definition) is 2. The number of allylic oxidation sites excluding steroid dienone is 4. The summed E-state index contributed by atoms with van der Waals surface area (Å²) < 4.78 is 11.6. The molecule has 1 saturated heterocycles. The van der Waals surface area contributed by atoms with Crippen LogP contribution in [0.1, 0.15) is 149 Å². The highest BCUT2D eigenvalue weighted by Gasteiger charge is 2.29. The van der Waals surface area contributed by atoms with Gasteiger partial charge in [0, 0.05) is 30.6 Å². The molecule has 0 aromatic heterocycles. The molecule has 1 fully saturated rings. The molecular formula is C46H72N2O5. The van der Waals surface area contributed by atoms with Gasteiger partial charge in [-0.15, -0.1) is 0 Å². The zero-order chi connectivity index (χ0) is 39.8. The van der Waals surface area contributed by atoms with Crippen molar-refractivity contribution < 1.29 is 24.2 Å². The summed E-state index contributed by atoms with van der Waals surface area (Å²) in [5.41, 5.74) is 9.94.